The van der Waals surface area contributed by atoms with Crippen LogP contribution in [0.25, 0.3) is 0 Å². The van der Waals surface area contributed by atoms with E-state index in [4.69, 9.17) is 18.0 Å². The second kappa shape index (κ2) is 3.74. The number of hydrogen-bond acceptors (Lipinski definition) is 5. The first-order chi connectivity index (χ1) is 7.09. The molecule has 0 aromatic carbocycles. The van der Waals surface area contributed by atoms with Gasteiger partial charge in [-0.25, -0.2) is 10.1 Å². The summed E-state index contributed by atoms with van der Waals surface area (Å²) in [6, 6.07) is 0.0231. The van der Waals surface area contributed by atoms with E-state index in [-0.39, 0.29) is 6.04 Å². The standard InChI is InChI=1S/C8H11N5S2/c1-4-3-10-6(15-4)5(2)13-7(9)11-12-8(13)14/h3,5H,1-2H3,(H2,9,11)(H,12,14). The summed E-state index contributed by atoms with van der Waals surface area (Å²) in [5.74, 6) is 0.389. The van der Waals surface area contributed by atoms with Crippen LogP contribution in [0.2, 0.25) is 0 Å². The summed E-state index contributed by atoms with van der Waals surface area (Å²) in [5.41, 5.74) is 5.72. The fourth-order valence-corrected chi connectivity index (χ4v) is 2.48. The van der Waals surface area contributed by atoms with Crippen LogP contribution in [-0.2, 0) is 0 Å². The molecule has 1 unspecified atom stereocenters. The van der Waals surface area contributed by atoms with Gasteiger partial charge in [0.2, 0.25) is 5.95 Å². The van der Waals surface area contributed by atoms with Crippen molar-refractivity contribution in [1.29, 1.82) is 0 Å². The Balaban J connectivity index is 2.44. The molecule has 7 heteroatoms. The van der Waals surface area contributed by atoms with Crippen molar-refractivity contribution in [3.63, 3.8) is 0 Å². The zero-order chi connectivity index (χ0) is 11.0. The Morgan fingerprint density at radius 1 is 1.67 bits per heavy atom. The van der Waals surface area contributed by atoms with Crippen molar-refractivity contribution >= 4 is 29.5 Å². The number of nitrogens with one attached hydrogen (secondary N) is 1. The molecule has 2 aromatic rings. The first-order valence-corrected chi connectivity index (χ1v) is 5.66. The maximum atomic E-state index is 5.72. The number of rotatable bonds is 2. The highest BCUT2D eigenvalue weighted by molar-refractivity contribution is 7.71. The van der Waals surface area contributed by atoms with Gasteiger partial charge in [0.15, 0.2) is 4.77 Å². The van der Waals surface area contributed by atoms with Gasteiger partial charge in [-0.3, -0.25) is 4.57 Å². The molecule has 0 spiro atoms. The van der Waals surface area contributed by atoms with Crippen LogP contribution in [0.3, 0.4) is 0 Å². The summed E-state index contributed by atoms with van der Waals surface area (Å²) in [5, 5.41) is 7.52. The molecule has 3 N–H and O–H groups in total. The summed E-state index contributed by atoms with van der Waals surface area (Å²) in [7, 11) is 0. The molecule has 1 atom stereocenters. The molecule has 0 saturated heterocycles. The molecule has 5 nitrogen and oxygen atoms in total. The normalized spacial score (nSPS) is 12.9. The Bertz CT molecular complexity index is 523. The van der Waals surface area contributed by atoms with Crippen molar-refractivity contribution in [1.82, 2.24) is 19.7 Å². The van der Waals surface area contributed by atoms with Gasteiger partial charge in [-0.1, -0.05) is 0 Å². The van der Waals surface area contributed by atoms with Gasteiger partial charge in [-0.15, -0.1) is 16.4 Å². The number of nitrogens with two attached hydrogens (primary N) is 1. The molecular formula is C8H11N5S2. The molecule has 0 saturated carbocycles. The van der Waals surface area contributed by atoms with E-state index in [2.05, 4.69) is 15.2 Å². The fraction of sp³-hybridized carbons (Fsp3) is 0.375. The maximum absolute atomic E-state index is 5.72. The van der Waals surface area contributed by atoms with E-state index in [0.29, 0.717) is 10.7 Å². The van der Waals surface area contributed by atoms with Gasteiger partial charge >= 0.3 is 0 Å². The third-order valence-corrected chi connectivity index (χ3v) is 3.49. The monoisotopic (exact) mass is 241 g/mol. The van der Waals surface area contributed by atoms with E-state index < -0.39 is 0 Å². The Labute approximate surface area is 96.0 Å². The quantitative estimate of drug-likeness (QED) is 0.788. The largest absolute Gasteiger partial charge is 0.368 e. The summed E-state index contributed by atoms with van der Waals surface area (Å²) in [6.07, 6.45) is 1.84. The molecule has 0 aliphatic heterocycles. The van der Waals surface area contributed by atoms with Crippen LogP contribution < -0.4 is 5.73 Å². The van der Waals surface area contributed by atoms with E-state index in [1.165, 1.54) is 4.88 Å². The Hall–Kier alpha value is -1.21. The first kappa shape index (κ1) is 10.3. The second-order valence-corrected chi connectivity index (χ2v) is 4.90. The van der Waals surface area contributed by atoms with Crippen LogP contribution in [0.15, 0.2) is 6.20 Å². The highest BCUT2D eigenvalue weighted by Crippen LogP contribution is 2.24. The first-order valence-electron chi connectivity index (χ1n) is 4.44. The zero-order valence-electron chi connectivity index (χ0n) is 8.39. The minimum atomic E-state index is 0.0231. The van der Waals surface area contributed by atoms with Crippen LogP contribution in [0.4, 0.5) is 5.95 Å². The predicted octanol–water partition coefficient (Wildman–Crippen LogP) is 1.90. The number of nitrogens with zero attached hydrogens (tertiary/aromatic N) is 3. The van der Waals surface area contributed by atoms with Crippen LogP contribution in [0, 0.1) is 11.7 Å². The van der Waals surface area contributed by atoms with Crippen molar-refractivity contribution in [2.45, 2.75) is 19.9 Å². The highest BCUT2D eigenvalue weighted by atomic mass is 32.1. The molecule has 0 radical (unpaired) electrons. The minimum absolute atomic E-state index is 0.0231. The summed E-state index contributed by atoms with van der Waals surface area (Å²) < 4.78 is 2.28. The van der Waals surface area contributed by atoms with Gasteiger partial charge in [-0.2, -0.15) is 0 Å². The van der Waals surface area contributed by atoms with E-state index in [1.54, 1.807) is 15.9 Å². The number of aryl methyl sites for hydroxylation is 1. The second-order valence-electron chi connectivity index (χ2n) is 3.24. The number of aromatic nitrogens is 4. The number of aromatic amines is 1. The molecule has 15 heavy (non-hydrogen) atoms. The van der Waals surface area contributed by atoms with Gasteiger partial charge < -0.3 is 5.73 Å². The Morgan fingerprint density at radius 2 is 2.40 bits per heavy atom. The lowest BCUT2D eigenvalue weighted by atomic mass is 10.3. The van der Waals surface area contributed by atoms with Crippen LogP contribution in [-0.4, -0.2) is 19.7 Å². The van der Waals surface area contributed by atoms with E-state index >= 15 is 0 Å². The lowest BCUT2D eigenvalue weighted by Crippen LogP contribution is -2.10. The maximum Gasteiger partial charge on any atom is 0.221 e. The van der Waals surface area contributed by atoms with Crippen molar-refractivity contribution in [2.75, 3.05) is 5.73 Å². The molecule has 0 amide bonds. The predicted molar refractivity (Wildman–Crippen MR) is 62.5 cm³/mol. The van der Waals surface area contributed by atoms with E-state index in [1.807, 2.05) is 20.0 Å². The lowest BCUT2D eigenvalue weighted by molar-refractivity contribution is 0.633. The van der Waals surface area contributed by atoms with Gasteiger partial charge in [-0.05, 0) is 26.1 Å². The third-order valence-electron chi connectivity index (χ3n) is 2.12. The van der Waals surface area contributed by atoms with Crippen molar-refractivity contribution in [2.24, 2.45) is 0 Å². The average molecular weight is 241 g/mol. The fourth-order valence-electron chi connectivity index (χ4n) is 1.37. The van der Waals surface area contributed by atoms with Gasteiger partial charge in [0.25, 0.3) is 0 Å². The Morgan fingerprint density at radius 3 is 2.87 bits per heavy atom. The highest BCUT2D eigenvalue weighted by Gasteiger charge is 2.15. The molecule has 0 fully saturated rings. The van der Waals surface area contributed by atoms with Crippen molar-refractivity contribution < 1.29 is 0 Å². The van der Waals surface area contributed by atoms with Crippen LogP contribution in [0.1, 0.15) is 22.9 Å². The van der Waals surface area contributed by atoms with Crippen LogP contribution >= 0.6 is 23.6 Å². The van der Waals surface area contributed by atoms with Gasteiger partial charge in [0.05, 0.1) is 6.04 Å². The molecule has 0 aliphatic rings. The summed E-state index contributed by atoms with van der Waals surface area (Å²) >= 11 is 6.73. The summed E-state index contributed by atoms with van der Waals surface area (Å²) in [6.45, 7) is 4.02. The molecule has 0 aliphatic carbocycles. The van der Waals surface area contributed by atoms with Crippen LogP contribution in [0.5, 0.6) is 0 Å². The van der Waals surface area contributed by atoms with E-state index in [0.717, 1.165) is 5.01 Å². The number of nitrogen functional groups attached to an aromatic ring is 1. The molecular weight excluding hydrogens is 230 g/mol. The molecule has 0 bridgehead atoms. The molecule has 2 aromatic heterocycles. The zero-order valence-corrected chi connectivity index (χ0v) is 10.0. The number of thiazole rings is 1. The average Bonchev–Trinajstić information content (AvgIpc) is 2.73. The third kappa shape index (κ3) is 1.80. The number of anilines is 1. The summed E-state index contributed by atoms with van der Waals surface area (Å²) in [4.78, 5) is 5.48. The SMILES string of the molecule is Cc1cnc(C(C)n2c(N)n[nH]c2=S)s1. The minimum Gasteiger partial charge on any atom is -0.368 e. The Kier molecular flexibility index (Phi) is 2.57. The molecule has 80 valence electrons. The molecule has 2 rings (SSSR count). The molecule has 2 heterocycles. The topological polar surface area (TPSA) is 72.5 Å². The van der Waals surface area contributed by atoms with Crippen molar-refractivity contribution in [3.8, 4) is 0 Å². The number of hydrogen-bond donors (Lipinski definition) is 2. The lowest BCUT2D eigenvalue weighted by Gasteiger charge is -2.10. The van der Waals surface area contributed by atoms with Gasteiger partial charge in [0, 0.05) is 11.1 Å². The van der Waals surface area contributed by atoms with Gasteiger partial charge in [0.1, 0.15) is 5.01 Å². The van der Waals surface area contributed by atoms with E-state index in [9.17, 15) is 0 Å². The van der Waals surface area contributed by atoms with Crippen molar-refractivity contribution in [3.05, 3.63) is 20.9 Å². The number of H-pyrrole nitrogens is 1. The smallest absolute Gasteiger partial charge is 0.221 e.